The van der Waals surface area contributed by atoms with Crippen molar-refractivity contribution in [3.05, 3.63) is 11.6 Å². The molecule has 1 aliphatic heterocycles. The second-order valence-corrected chi connectivity index (χ2v) is 7.41. The first-order valence-corrected chi connectivity index (χ1v) is 7.89. The first-order chi connectivity index (χ1) is 10.1. The minimum atomic E-state index is -1.17. The van der Waals surface area contributed by atoms with Gasteiger partial charge in [0.2, 0.25) is 0 Å². The summed E-state index contributed by atoms with van der Waals surface area (Å²) in [6, 6.07) is 0. The van der Waals surface area contributed by atoms with Crippen LogP contribution in [0.15, 0.2) is 11.6 Å². The molecule has 0 aliphatic carbocycles. The third kappa shape index (κ3) is 3.56. The maximum absolute atomic E-state index is 12.6. The van der Waals surface area contributed by atoms with Gasteiger partial charge in [0.05, 0.1) is 12.6 Å². The first kappa shape index (κ1) is 16.7. The minimum Gasteiger partial charge on any atom is -0.444 e. The van der Waals surface area contributed by atoms with Crippen LogP contribution in [0.2, 0.25) is 0 Å². The van der Waals surface area contributed by atoms with E-state index in [0.717, 1.165) is 0 Å². The molecule has 2 heterocycles. The van der Waals surface area contributed by atoms with Crippen LogP contribution >= 0.6 is 11.3 Å². The number of amides is 2. The fraction of sp³-hybridized carbons (Fsp3) is 0.643. The molecule has 122 valence electrons. The van der Waals surface area contributed by atoms with Crippen LogP contribution in [0.3, 0.4) is 0 Å². The number of β-amino-alcohol motifs (C(OH)–C–C–N with tert-alkyl or cyclic N) is 1. The van der Waals surface area contributed by atoms with Crippen LogP contribution in [-0.4, -0.2) is 50.8 Å². The van der Waals surface area contributed by atoms with Gasteiger partial charge < -0.3 is 9.84 Å². The van der Waals surface area contributed by atoms with Crippen molar-refractivity contribution in [1.29, 1.82) is 0 Å². The Hall–Kier alpha value is -1.67. The summed E-state index contributed by atoms with van der Waals surface area (Å²) >= 11 is 1.29. The maximum atomic E-state index is 12.6. The number of thiazole rings is 1. The van der Waals surface area contributed by atoms with E-state index in [1.807, 2.05) is 0 Å². The fourth-order valence-electron chi connectivity index (χ4n) is 2.37. The number of ether oxygens (including phenoxy) is 1. The molecule has 0 saturated carbocycles. The third-order valence-corrected chi connectivity index (χ3v) is 4.07. The van der Waals surface area contributed by atoms with Crippen LogP contribution < -0.4 is 5.32 Å². The predicted molar refractivity (Wildman–Crippen MR) is 82.7 cm³/mol. The van der Waals surface area contributed by atoms with E-state index < -0.39 is 23.3 Å². The van der Waals surface area contributed by atoms with Crippen molar-refractivity contribution in [3.8, 4) is 0 Å². The highest BCUT2D eigenvalue weighted by molar-refractivity contribution is 7.13. The number of anilines is 1. The van der Waals surface area contributed by atoms with Crippen molar-refractivity contribution >= 4 is 28.5 Å². The lowest BCUT2D eigenvalue weighted by Crippen LogP contribution is -2.54. The number of aromatic nitrogens is 1. The average molecular weight is 327 g/mol. The molecule has 2 rings (SSSR count). The topological polar surface area (TPSA) is 91.8 Å². The highest BCUT2D eigenvalue weighted by Gasteiger charge is 2.51. The van der Waals surface area contributed by atoms with Gasteiger partial charge >= 0.3 is 6.09 Å². The van der Waals surface area contributed by atoms with E-state index in [4.69, 9.17) is 4.74 Å². The summed E-state index contributed by atoms with van der Waals surface area (Å²) in [6.07, 6.45) is 0.363. The second kappa shape index (κ2) is 5.85. The molecule has 1 fully saturated rings. The van der Waals surface area contributed by atoms with E-state index in [-0.39, 0.29) is 18.9 Å². The van der Waals surface area contributed by atoms with Crippen LogP contribution in [0.1, 0.15) is 34.1 Å². The van der Waals surface area contributed by atoms with E-state index in [9.17, 15) is 14.7 Å². The van der Waals surface area contributed by atoms with Crippen molar-refractivity contribution in [3.63, 3.8) is 0 Å². The summed E-state index contributed by atoms with van der Waals surface area (Å²) in [5.74, 6) is -0.384. The number of nitrogens with one attached hydrogen (secondary N) is 1. The lowest BCUT2D eigenvalue weighted by Gasteiger charge is -2.34. The normalized spacial score (nSPS) is 25.1. The van der Waals surface area contributed by atoms with Gasteiger partial charge in [0.15, 0.2) is 5.13 Å². The SMILES string of the molecule is CC(C)(C)OC(=O)N1C[C@@H](O)C[C@@]1(C)C(=O)Nc1nccs1. The summed E-state index contributed by atoms with van der Waals surface area (Å²) in [6.45, 7) is 6.95. The predicted octanol–water partition coefficient (Wildman–Crippen LogP) is 1.84. The van der Waals surface area contributed by atoms with Gasteiger partial charge in [-0.15, -0.1) is 11.3 Å². The Morgan fingerprint density at radius 1 is 1.55 bits per heavy atom. The Labute approximate surface area is 133 Å². The highest BCUT2D eigenvalue weighted by atomic mass is 32.1. The van der Waals surface area contributed by atoms with Gasteiger partial charge in [0.1, 0.15) is 11.1 Å². The number of aliphatic hydroxyl groups excluding tert-OH is 1. The van der Waals surface area contributed by atoms with Crippen LogP contribution in [0.5, 0.6) is 0 Å². The summed E-state index contributed by atoms with van der Waals surface area (Å²) < 4.78 is 5.33. The first-order valence-electron chi connectivity index (χ1n) is 7.01. The molecule has 2 N–H and O–H groups in total. The van der Waals surface area contributed by atoms with Crippen LogP contribution in [0.4, 0.5) is 9.93 Å². The molecular formula is C14H21N3O4S. The molecule has 1 aliphatic rings. The van der Waals surface area contributed by atoms with Crippen molar-refractivity contribution in [2.45, 2.75) is 51.4 Å². The summed E-state index contributed by atoms with van der Waals surface area (Å²) in [7, 11) is 0. The van der Waals surface area contributed by atoms with Crippen molar-refractivity contribution < 1.29 is 19.4 Å². The Balaban J connectivity index is 2.17. The Morgan fingerprint density at radius 3 is 2.77 bits per heavy atom. The maximum Gasteiger partial charge on any atom is 0.411 e. The Morgan fingerprint density at radius 2 is 2.23 bits per heavy atom. The van der Waals surface area contributed by atoms with Crippen molar-refractivity contribution in [2.75, 3.05) is 11.9 Å². The lowest BCUT2D eigenvalue weighted by molar-refractivity contribution is -0.125. The minimum absolute atomic E-state index is 0.0662. The molecule has 0 spiro atoms. The smallest absolute Gasteiger partial charge is 0.411 e. The number of rotatable bonds is 2. The quantitative estimate of drug-likeness (QED) is 0.865. The molecule has 1 aromatic rings. The van der Waals surface area contributed by atoms with E-state index in [1.54, 1.807) is 39.3 Å². The van der Waals surface area contributed by atoms with E-state index in [2.05, 4.69) is 10.3 Å². The van der Waals surface area contributed by atoms with E-state index >= 15 is 0 Å². The monoisotopic (exact) mass is 327 g/mol. The zero-order chi connectivity index (χ0) is 16.5. The van der Waals surface area contributed by atoms with Gasteiger partial charge in [-0.2, -0.15) is 0 Å². The van der Waals surface area contributed by atoms with Gasteiger partial charge in [0.25, 0.3) is 5.91 Å². The largest absolute Gasteiger partial charge is 0.444 e. The van der Waals surface area contributed by atoms with Gasteiger partial charge in [-0.25, -0.2) is 9.78 Å². The molecule has 22 heavy (non-hydrogen) atoms. The summed E-state index contributed by atoms with van der Waals surface area (Å²) in [4.78, 5) is 30.2. The molecule has 1 aromatic heterocycles. The van der Waals surface area contributed by atoms with Gasteiger partial charge in [-0.1, -0.05) is 0 Å². The lowest BCUT2D eigenvalue weighted by atomic mass is 9.97. The second-order valence-electron chi connectivity index (χ2n) is 6.51. The standard InChI is InChI=1S/C14H21N3O4S/c1-13(2,3)21-12(20)17-8-9(18)7-14(17,4)10(19)16-11-15-5-6-22-11/h5-6,9,18H,7-8H2,1-4H3,(H,15,16,19)/t9-,14-/m0/s1. The molecule has 0 aromatic carbocycles. The van der Waals surface area contributed by atoms with Crippen molar-refractivity contribution in [2.24, 2.45) is 0 Å². The van der Waals surface area contributed by atoms with E-state index in [0.29, 0.717) is 5.13 Å². The van der Waals surface area contributed by atoms with Crippen LogP contribution in [0.25, 0.3) is 0 Å². The average Bonchev–Trinajstić information content (AvgIpc) is 2.95. The van der Waals surface area contributed by atoms with E-state index in [1.165, 1.54) is 16.2 Å². The zero-order valence-corrected chi connectivity index (χ0v) is 13.9. The number of nitrogens with zero attached hydrogens (tertiary/aromatic N) is 2. The molecule has 0 radical (unpaired) electrons. The van der Waals surface area contributed by atoms with Gasteiger partial charge in [-0.05, 0) is 27.7 Å². The Bertz CT molecular complexity index is 555. The van der Waals surface area contributed by atoms with Crippen LogP contribution in [-0.2, 0) is 9.53 Å². The zero-order valence-electron chi connectivity index (χ0n) is 13.1. The molecule has 2 amide bonds. The molecule has 2 atom stereocenters. The number of carbonyl (C=O) groups excluding carboxylic acids is 2. The van der Waals surface area contributed by atoms with Gasteiger partial charge in [0, 0.05) is 18.0 Å². The fourth-order valence-corrected chi connectivity index (χ4v) is 2.89. The highest BCUT2D eigenvalue weighted by Crippen LogP contribution is 2.32. The van der Waals surface area contributed by atoms with Crippen LogP contribution in [0, 0.1) is 0 Å². The summed E-state index contributed by atoms with van der Waals surface area (Å²) in [5, 5.41) is 14.8. The molecule has 8 heteroatoms. The van der Waals surface area contributed by atoms with Crippen molar-refractivity contribution in [1.82, 2.24) is 9.88 Å². The molecule has 7 nitrogen and oxygen atoms in total. The molecular weight excluding hydrogens is 306 g/mol. The Kier molecular flexibility index (Phi) is 4.44. The number of hydrogen-bond donors (Lipinski definition) is 2. The number of carbonyl (C=O) groups is 2. The summed E-state index contributed by atoms with van der Waals surface area (Å²) in [5.41, 5.74) is -1.84. The number of aliphatic hydroxyl groups is 1. The van der Waals surface area contributed by atoms with Gasteiger partial charge in [-0.3, -0.25) is 15.0 Å². The third-order valence-electron chi connectivity index (χ3n) is 3.38. The molecule has 0 bridgehead atoms. The number of hydrogen-bond acceptors (Lipinski definition) is 6. The molecule has 1 saturated heterocycles. The number of likely N-dealkylation sites (tertiary alicyclic amines) is 1. The molecule has 0 unspecified atom stereocenters.